The highest BCUT2D eigenvalue weighted by atomic mass is 35.5. The summed E-state index contributed by atoms with van der Waals surface area (Å²) in [7, 11) is 0. The first-order valence-corrected chi connectivity index (χ1v) is 5.98. The molecular formula is C12H6Cl3NO2. The molecule has 0 radical (unpaired) electrons. The van der Waals surface area contributed by atoms with Crippen molar-refractivity contribution in [2.45, 2.75) is 0 Å². The van der Waals surface area contributed by atoms with Gasteiger partial charge < -0.3 is 5.11 Å². The standard InChI is InChI=1S/C12H6Cl3NO2/c13-7-3-4-8(14)10(15)9(7)11-6(12(17)18)2-1-5-16-11/h1-5H,(H,17,18). The minimum absolute atomic E-state index is 0.0172. The Labute approximate surface area is 118 Å². The lowest BCUT2D eigenvalue weighted by atomic mass is 10.1. The molecule has 0 saturated carbocycles. The number of halogens is 3. The Bertz CT molecular complexity index is 629. The van der Waals surface area contributed by atoms with Gasteiger partial charge in [-0.1, -0.05) is 34.8 Å². The van der Waals surface area contributed by atoms with Crippen molar-refractivity contribution in [3.63, 3.8) is 0 Å². The largest absolute Gasteiger partial charge is 0.478 e. The molecule has 0 aliphatic carbocycles. The van der Waals surface area contributed by atoms with E-state index in [-0.39, 0.29) is 21.3 Å². The average Bonchev–Trinajstić information content (AvgIpc) is 2.35. The van der Waals surface area contributed by atoms with Crippen LogP contribution in [0.15, 0.2) is 30.5 Å². The third-order valence-electron chi connectivity index (χ3n) is 2.32. The molecule has 1 N–H and O–H groups in total. The number of aromatic carboxylic acids is 1. The van der Waals surface area contributed by atoms with Gasteiger partial charge in [-0.15, -0.1) is 0 Å². The molecule has 0 spiro atoms. The van der Waals surface area contributed by atoms with E-state index in [9.17, 15) is 4.79 Å². The molecule has 2 rings (SSSR count). The highest BCUT2D eigenvalue weighted by Gasteiger charge is 2.19. The Morgan fingerprint density at radius 1 is 1.11 bits per heavy atom. The summed E-state index contributed by atoms with van der Waals surface area (Å²) in [4.78, 5) is 15.2. The van der Waals surface area contributed by atoms with E-state index in [1.165, 1.54) is 18.3 Å². The highest BCUT2D eigenvalue weighted by Crippen LogP contribution is 2.39. The third-order valence-corrected chi connectivity index (χ3v) is 3.44. The van der Waals surface area contributed by atoms with Gasteiger partial charge in [0, 0.05) is 11.8 Å². The van der Waals surface area contributed by atoms with Crippen LogP contribution in [-0.2, 0) is 0 Å². The summed E-state index contributed by atoms with van der Waals surface area (Å²) in [5.74, 6) is -1.11. The Hall–Kier alpha value is -1.29. The SMILES string of the molecule is O=C(O)c1cccnc1-c1c(Cl)ccc(Cl)c1Cl. The molecule has 92 valence electrons. The fourth-order valence-electron chi connectivity index (χ4n) is 1.52. The summed E-state index contributed by atoms with van der Waals surface area (Å²) >= 11 is 18.0. The summed E-state index contributed by atoms with van der Waals surface area (Å²) in [6.45, 7) is 0. The summed E-state index contributed by atoms with van der Waals surface area (Å²) in [6.07, 6.45) is 1.47. The smallest absolute Gasteiger partial charge is 0.337 e. The molecule has 1 aromatic heterocycles. The van der Waals surface area contributed by atoms with E-state index >= 15 is 0 Å². The predicted octanol–water partition coefficient (Wildman–Crippen LogP) is 4.41. The zero-order valence-corrected chi connectivity index (χ0v) is 11.1. The van der Waals surface area contributed by atoms with Crippen molar-refractivity contribution in [2.24, 2.45) is 0 Å². The van der Waals surface area contributed by atoms with Gasteiger partial charge in [0.05, 0.1) is 26.3 Å². The second kappa shape index (κ2) is 5.14. The zero-order chi connectivity index (χ0) is 13.3. The first-order valence-electron chi connectivity index (χ1n) is 4.84. The number of rotatable bonds is 2. The van der Waals surface area contributed by atoms with Crippen molar-refractivity contribution in [2.75, 3.05) is 0 Å². The van der Waals surface area contributed by atoms with Gasteiger partial charge in [-0.05, 0) is 24.3 Å². The van der Waals surface area contributed by atoms with Gasteiger partial charge in [0.15, 0.2) is 0 Å². The quantitative estimate of drug-likeness (QED) is 0.836. The maximum Gasteiger partial charge on any atom is 0.337 e. The van der Waals surface area contributed by atoms with E-state index in [0.717, 1.165) is 0 Å². The molecule has 1 aromatic carbocycles. The predicted molar refractivity (Wildman–Crippen MR) is 71.7 cm³/mol. The molecule has 3 nitrogen and oxygen atoms in total. The van der Waals surface area contributed by atoms with Gasteiger partial charge >= 0.3 is 5.97 Å². The van der Waals surface area contributed by atoms with E-state index in [2.05, 4.69) is 4.98 Å². The molecule has 18 heavy (non-hydrogen) atoms. The normalized spacial score (nSPS) is 10.4. The molecular weight excluding hydrogens is 296 g/mol. The van der Waals surface area contributed by atoms with Crippen molar-refractivity contribution in [1.29, 1.82) is 0 Å². The number of nitrogens with zero attached hydrogens (tertiary/aromatic N) is 1. The molecule has 0 unspecified atom stereocenters. The fraction of sp³-hybridized carbons (Fsp3) is 0. The number of aromatic nitrogens is 1. The van der Waals surface area contributed by atoms with E-state index in [0.29, 0.717) is 10.6 Å². The second-order valence-corrected chi connectivity index (χ2v) is 4.62. The topological polar surface area (TPSA) is 50.2 Å². The van der Waals surface area contributed by atoms with Crippen LogP contribution in [0.5, 0.6) is 0 Å². The lowest BCUT2D eigenvalue weighted by molar-refractivity contribution is 0.0697. The minimum atomic E-state index is -1.11. The molecule has 2 aromatic rings. The van der Waals surface area contributed by atoms with Crippen LogP contribution in [0.1, 0.15) is 10.4 Å². The van der Waals surface area contributed by atoms with Crippen LogP contribution in [0.25, 0.3) is 11.3 Å². The summed E-state index contributed by atoms with van der Waals surface area (Å²) < 4.78 is 0. The van der Waals surface area contributed by atoms with Crippen LogP contribution >= 0.6 is 34.8 Å². The average molecular weight is 303 g/mol. The molecule has 0 saturated heterocycles. The Morgan fingerprint density at radius 3 is 2.44 bits per heavy atom. The molecule has 0 aliphatic rings. The van der Waals surface area contributed by atoms with Gasteiger partial charge in [-0.3, -0.25) is 4.98 Å². The molecule has 0 amide bonds. The number of benzene rings is 1. The third kappa shape index (κ3) is 2.29. The maximum absolute atomic E-state index is 11.1. The number of pyridine rings is 1. The first-order chi connectivity index (χ1) is 8.52. The van der Waals surface area contributed by atoms with Crippen molar-refractivity contribution >= 4 is 40.8 Å². The molecule has 6 heteroatoms. The van der Waals surface area contributed by atoms with E-state index in [4.69, 9.17) is 39.9 Å². The van der Waals surface area contributed by atoms with Gasteiger partial charge in [0.25, 0.3) is 0 Å². The number of hydrogen-bond acceptors (Lipinski definition) is 2. The molecule has 1 heterocycles. The van der Waals surface area contributed by atoms with Crippen LogP contribution in [0.2, 0.25) is 15.1 Å². The van der Waals surface area contributed by atoms with Gasteiger partial charge in [-0.2, -0.15) is 0 Å². The van der Waals surface area contributed by atoms with Gasteiger partial charge in [-0.25, -0.2) is 4.79 Å². The van der Waals surface area contributed by atoms with Crippen molar-refractivity contribution in [1.82, 2.24) is 4.98 Å². The van der Waals surface area contributed by atoms with Crippen molar-refractivity contribution < 1.29 is 9.90 Å². The number of carbonyl (C=O) groups is 1. The summed E-state index contributed by atoms with van der Waals surface area (Å²) in [5.41, 5.74) is 0.537. The van der Waals surface area contributed by atoms with Crippen LogP contribution in [0, 0.1) is 0 Å². The number of hydrogen-bond donors (Lipinski definition) is 1. The van der Waals surface area contributed by atoms with E-state index < -0.39 is 5.97 Å². The van der Waals surface area contributed by atoms with Crippen LogP contribution in [0.4, 0.5) is 0 Å². The Kier molecular flexibility index (Phi) is 3.76. The van der Waals surface area contributed by atoms with Crippen LogP contribution in [0.3, 0.4) is 0 Å². The Balaban J connectivity index is 2.77. The molecule has 0 aliphatic heterocycles. The van der Waals surface area contributed by atoms with Crippen molar-refractivity contribution in [3.05, 3.63) is 51.1 Å². The van der Waals surface area contributed by atoms with E-state index in [1.54, 1.807) is 12.1 Å². The molecule has 0 bridgehead atoms. The lowest BCUT2D eigenvalue weighted by Crippen LogP contribution is -2.01. The van der Waals surface area contributed by atoms with E-state index in [1.807, 2.05) is 0 Å². The minimum Gasteiger partial charge on any atom is -0.478 e. The maximum atomic E-state index is 11.1. The monoisotopic (exact) mass is 301 g/mol. The van der Waals surface area contributed by atoms with Crippen LogP contribution < -0.4 is 0 Å². The zero-order valence-electron chi connectivity index (χ0n) is 8.82. The van der Waals surface area contributed by atoms with Gasteiger partial charge in [0.2, 0.25) is 0 Å². The van der Waals surface area contributed by atoms with Crippen LogP contribution in [-0.4, -0.2) is 16.1 Å². The molecule has 0 fully saturated rings. The highest BCUT2D eigenvalue weighted by molar-refractivity contribution is 6.46. The summed E-state index contributed by atoms with van der Waals surface area (Å²) in [6, 6.07) is 6.04. The summed E-state index contributed by atoms with van der Waals surface area (Å²) in [5, 5.41) is 9.89. The second-order valence-electron chi connectivity index (χ2n) is 3.42. The first kappa shape index (κ1) is 13.1. The lowest BCUT2D eigenvalue weighted by Gasteiger charge is -2.10. The fourth-order valence-corrected chi connectivity index (χ4v) is 2.23. The Morgan fingerprint density at radius 2 is 1.78 bits per heavy atom. The molecule has 0 atom stereocenters. The van der Waals surface area contributed by atoms with Crippen molar-refractivity contribution in [3.8, 4) is 11.3 Å². The number of carboxylic acid groups (broad SMARTS) is 1. The number of carboxylic acids is 1. The van der Waals surface area contributed by atoms with Gasteiger partial charge in [0.1, 0.15) is 0 Å².